The first kappa shape index (κ1) is 13.2. The summed E-state index contributed by atoms with van der Waals surface area (Å²) in [5.74, 6) is 1.32. The molecule has 1 fully saturated rings. The van der Waals surface area contributed by atoms with Crippen molar-refractivity contribution in [2.45, 2.75) is 26.3 Å². The molecule has 2 heterocycles. The van der Waals surface area contributed by atoms with Gasteiger partial charge in [0.2, 0.25) is 0 Å². The molecule has 0 aromatic carbocycles. The average molecular weight is 250 g/mol. The van der Waals surface area contributed by atoms with E-state index in [1.54, 1.807) is 6.20 Å². The van der Waals surface area contributed by atoms with Crippen molar-refractivity contribution in [1.82, 2.24) is 14.9 Å². The van der Waals surface area contributed by atoms with Gasteiger partial charge in [-0.3, -0.25) is 9.88 Å². The Morgan fingerprint density at radius 2 is 2.11 bits per heavy atom. The Labute approximate surface area is 108 Å². The van der Waals surface area contributed by atoms with Crippen LogP contribution in [0.5, 0.6) is 0 Å². The summed E-state index contributed by atoms with van der Waals surface area (Å²) in [7, 11) is 0. The highest BCUT2D eigenvalue weighted by molar-refractivity contribution is 5.30. The van der Waals surface area contributed by atoms with Gasteiger partial charge in [-0.15, -0.1) is 0 Å². The van der Waals surface area contributed by atoms with Crippen molar-refractivity contribution in [3.8, 4) is 0 Å². The van der Waals surface area contributed by atoms with Crippen LogP contribution in [0.2, 0.25) is 0 Å². The highest BCUT2D eigenvalue weighted by Gasteiger charge is 2.18. The summed E-state index contributed by atoms with van der Waals surface area (Å²) in [6.07, 6.45) is 5.80. The third-order valence-corrected chi connectivity index (χ3v) is 3.41. The fraction of sp³-hybridized carbons (Fsp3) is 0.692. The molecular formula is C13H22N4O. The number of rotatable bonds is 5. The van der Waals surface area contributed by atoms with Gasteiger partial charge in [0.15, 0.2) is 0 Å². The predicted octanol–water partition coefficient (Wildman–Crippen LogP) is 1.11. The molecule has 1 aromatic heterocycles. The van der Waals surface area contributed by atoms with Crippen LogP contribution in [-0.4, -0.2) is 46.2 Å². The van der Waals surface area contributed by atoms with Crippen LogP contribution in [0.4, 0.5) is 5.82 Å². The molecule has 0 aliphatic carbocycles. The van der Waals surface area contributed by atoms with Crippen molar-refractivity contribution in [1.29, 1.82) is 0 Å². The summed E-state index contributed by atoms with van der Waals surface area (Å²) in [6, 6.07) is 0. The normalized spacial score (nSPS) is 17.9. The Kier molecular flexibility index (Phi) is 4.90. The van der Waals surface area contributed by atoms with Crippen LogP contribution < -0.4 is 5.32 Å². The molecule has 100 valence electrons. The first-order chi connectivity index (χ1) is 8.81. The molecule has 5 nitrogen and oxygen atoms in total. The molecule has 1 aliphatic heterocycles. The van der Waals surface area contributed by atoms with Gasteiger partial charge >= 0.3 is 0 Å². The number of nitrogens with zero attached hydrogens (tertiary/aromatic N) is 3. The van der Waals surface area contributed by atoms with Crippen LogP contribution in [0.25, 0.3) is 0 Å². The highest BCUT2D eigenvalue weighted by atomic mass is 16.3. The molecule has 0 bridgehead atoms. The Morgan fingerprint density at radius 3 is 2.67 bits per heavy atom. The largest absolute Gasteiger partial charge is 0.396 e. The Balaban J connectivity index is 1.82. The van der Waals surface area contributed by atoms with E-state index in [1.807, 2.05) is 13.1 Å². The summed E-state index contributed by atoms with van der Waals surface area (Å²) in [5.41, 5.74) is 1.01. The van der Waals surface area contributed by atoms with E-state index in [2.05, 4.69) is 20.2 Å². The van der Waals surface area contributed by atoms with Gasteiger partial charge in [-0.2, -0.15) is 0 Å². The summed E-state index contributed by atoms with van der Waals surface area (Å²) in [6.45, 7) is 6.18. The second kappa shape index (κ2) is 6.66. The molecule has 1 aromatic rings. The van der Waals surface area contributed by atoms with Crippen molar-refractivity contribution < 1.29 is 5.11 Å². The monoisotopic (exact) mass is 250 g/mol. The fourth-order valence-corrected chi connectivity index (χ4v) is 2.27. The quantitative estimate of drug-likeness (QED) is 0.820. The lowest BCUT2D eigenvalue weighted by atomic mass is 9.98. The topological polar surface area (TPSA) is 61.3 Å². The molecule has 2 N–H and O–H groups in total. The van der Waals surface area contributed by atoms with Crippen molar-refractivity contribution in [3.63, 3.8) is 0 Å². The van der Waals surface area contributed by atoms with Crippen LogP contribution in [0, 0.1) is 5.92 Å². The van der Waals surface area contributed by atoms with Gasteiger partial charge in [-0.25, -0.2) is 4.98 Å². The number of aliphatic hydroxyl groups is 1. The maximum absolute atomic E-state index is 9.10. The molecular weight excluding hydrogens is 228 g/mol. The van der Waals surface area contributed by atoms with Gasteiger partial charge in [0.05, 0.1) is 18.1 Å². The molecule has 0 unspecified atom stereocenters. The Morgan fingerprint density at radius 1 is 1.33 bits per heavy atom. The number of anilines is 1. The number of hydrogen-bond donors (Lipinski definition) is 2. The van der Waals surface area contributed by atoms with Gasteiger partial charge in [0, 0.05) is 19.7 Å². The molecule has 0 atom stereocenters. The van der Waals surface area contributed by atoms with Gasteiger partial charge in [-0.1, -0.05) is 0 Å². The van der Waals surface area contributed by atoms with Gasteiger partial charge < -0.3 is 10.4 Å². The minimum atomic E-state index is 0.324. The van der Waals surface area contributed by atoms with Gasteiger partial charge in [-0.05, 0) is 38.8 Å². The number of likely N-dealkylation sites (tertiary alicyclic amines) is 1. The minimum absolute atomic E-state index is 0.324. The first-order valence-corrected chi connectivity index (χ1v) is 6.69. The summed E-state index contributed by atoms with van der Waals surface area (Å²) in [4.78, 5) is 11.1. The Bertz CT molecular complexity index is 347. The zero-order valence-corrected chi connectivity index (χ0v) is 11.0. The summed E-state index contributed by atoms with van der Waals surface area (Å²) in [5, 5.41) is 12.2. The molecule has 18 heavy (non-hydrogen) atoms. The molecule has 1 saturated heterocycles. The van der Waals surface area contributed by atoms with E-state index in [4.69, 9.17) is 5.11 Å². The summed E-state index contributed by atoms with van der Waals surface area (Å²) >= 11 is 0. The second-order valence-corrected chi connectivity index (χ2v) is 4.83. The molecule has 0 radical (unpaired) electrons. The fourth-order valence-electron chi connectivity index (χ4n) is 2.27. The van der Waals surface area contributed by atoms with E-state index >= 15 is 0 Å². The van der Waals surface area contributed by atoms with E-state index in [0.29, 0.717) is 12.5 Å². The van der Waals surface area contributed by atoms with Crippen LogP contribution in [0.15, 0.2) is 12.4 Å². The standard InChI is InChI=1S/C13H22N4O/c1-2-14-13-8-15-12(7-16-13)9-17-5-3-11(10-18)4-6-17/h7-8,11,18H,2-6,9-10H2,1H3,(H,14,16). The molecule has 1 aliphatic rings. The van der Waals surface area contributed by atoms with E-state index in [0.717, 1.165) is 50.5 Å². The van der Waals surface area contributed by atoms with Gasteiger partial charge in [0.1, 0.15) is 5.82 Å². The number of piperidine rings is 1. The maximum Gasteiger partial charge on any atom is 0.144 e. The van der Waals surface area contributed by atoms with E-state index in [9.17, 15) is 0 Å². The third kappa shape index (κ3) is 3.65. The van der Waals surface area contributed by atoms with Crippen molar-refractivity contribution in [2.24, 2.45) is 5.92 Å². The lowest BCUT2D eigenvalue weighted by Gasteiger charge is -2.30. The first-order valence-electron chi connectivity index (χ1n) is 6.69. The predicted molar refractivity (Wildman–Crippen MR) is 71.3 cm³/mol. The van der Waals surface area contributed by atoms with Crippen LogP contribution in [-0.2, 0) is 6.54 Å². The average Bonchev–Trinajstić information content (AvgIpc) is 2.42. The number of nitrogens with one attached hydrogen (secondary N) is 1. The molecule has 0 spiro atoms. The van der Waals surface area contributed by atoms with Crippen molar-refractivity contribution in [2.75, 3.05) is 31.6 Å². The van der Waals surface area contributed by atoms with E-state index in [-0.39, 0.29) is 0 Å². The zero-order valence-electron chi connectivity index (χ0n) is 11.0. The molecule has 0 saturated carbocycles. The summed E-state index contributed by atoms with van der Waals surface area (Å²) < 4.78 is 0. The second-order valence-electron chi connectivity index (χ2n) is 4.83. The van der Waals surface area contributed by atoms with Crippen molar-refractivity contribution >= 4 is 5.82 Å². The third-order valence-electron chi connectivity index (χ3n) is 3.41. The number of aromatic nitrogens is 2. The molecule has 0 amide bonds. The smallest absolute Gasteiger partial charge is 0.144 e. The zero-order chi connectivity index (χ0) is 12.8. The molecule has 5 heteroatoms. The highest BCUT2D eigenvalue weighted by Crippen LogP contribution is 2.17. The SMILES string of the molecule is CCNc1cnc(CN2CCC(CO)CC2)cn1. The molecule has 2 rings (SSSR count). The minimum Gasteiger partial charge on any atom is -0.396 e. The Hall–Kier alpha value is -1.20. The van der Waals surface area contributed by atoms with Crippen molar-refractivity contribution in [3.05, 3.63) is 18.1 Å². The van der Waals surface area contributed by atoms with Crippen LogP contribution in [0.1, 0.15) is 25.5 Å². The van der Waals surface area contributed by atoms with Gasteiger partial charge in [0.25, 0.3) is 0 Å². The number of hydrogen-bond acceptors (Lipinski definition) is 5. The lowest BCUT2D eigenvalue weighted by molar-refractivity contribution is 0.126. The van der Waals surface area contributed by atoms with E-state index in [1.165, 1.54) is 0 Å². The lowest BCUT2D eigenvalue weighted by Crippen LogP contribution is -2.34. The van der Waals surface area contributed by atoms with Crippen LogP contribution in [0.3, 0.4) is 0 Å². The van der Waals surface area contributed by atoms with Crippen LogP contribution >= 0.6 is 0 Å². The maximum atomic E-state index is 9.10. The van der Waals surface area contributed by atoms with E-state index < -0.39 is 0 Å². The number of aliphatic hydroxyl groups excluding tert-OH is 1.